The summed E-state index contributed by atoms with van der Waals surface area (Å²) in [5.74, 6) is -3.40. The summed E-state index contributed by atoms with van der Waals surface area (Å²) in [4.78, 5) is 20.3. The molecule has 0 atom stereocenters. The summed E-state index contributed by atoms with van der Waals surface area (Å²) in [6.45, 7) is -0.374. The molecular weight excluding hydrogens is 1400 g/mol. The highest BCUT2D eigenvalue weighted by molar-refractivity contribution is 5.63. The Bertz CT molecular complexity index is 4410. The first-order chi connectivity index (χ1) is 48.6. The molecule has 103 heavy (non-hydrogen) atoms. The maximum absolute atomic E-state index is 13.6. The minimum absolute atomic E-state index is 0.0783. The molecule has 0 fully saturated rings. The third kappa shape index (κ3) is 19.6. The Morgan fingerprint density at radius 3 is 1.11 bits per heavy atom. The van der Waals surface area contributed by atoms with E-state index in [0.29, 0.717) is 39.6 Å². The fourth-order valence-electron chi connectivity index (χ4n) is 9.47. The number of nitrogens with zero attached hydrogens (tertiary/aromatic N) is 12. The molecule has 0 saturated heterocycles. The van der Waals surface area contributed by atoms with Crippen LogP contribution >= 0.6 is 0 Å². The average molecular weight is 1460 g/mol. The molecule has 0 aliphatic carbocycles. The standard InChI is InChI=1S/2C17H13F5N4.C17H12F5N3O.C17H14F4N4/c1-26-9-10(17(20,21)22)5-15(26)14-7-25-16(8-23-14)24-6-11-12(18)3-2-4-13(11)19;1-26-14(7-15(25-26)17(20,21)22)10-5-6-16(23-8-10)24-9-11-12(18)3-2-4-13(11)19;1-25-14(7-15(24-25)17(20,21)22)10-5-6-16(23-8-10)26-9-11-12(18)3-2-4-13(11)19;1-25-14(8-15(24-25)17(19,20)21)12-6-7-16(23-10-12)22-9-11-4-2-3-5-13(11)18/h2-5,7-9H,6H2,1H3,(H,24,25);2-8H,9H2,1H3,(H,23,24);2-8H,9H2,1H3;2-8,10H,9H2,1H3,(H,22,23). The van der Waals surface area contributed by atoms with E-state index < -0.39 is 82.3 Å². The van der Waals surface area contributed by atoms with E-state index in [2.05, 4.69) is 56.2 Å². The van der Waals surface area contributed by atoms with Crippen LogP contribution < -0.4 is 20.7 Å². The van der Waals surface area contributed by atoms with Crippen LogP contribution in [0, 0.1) is 40.7 Å². The third-order valence-corrected chi connectivity index (χ3v) is 14.8. The number of halogens is 19. The quantitative estimate of drug-likeness (QED) is 0.0784. The summed E-state index contributed by atoms with van der Waals surface area (Å²) in [7, 11) is 5.70. The van der Waals surface area contributed by atoms with Gasteiger partial charge in [0.05, 0.1) is 46.3 Å². The molecule has 8 aromatic heterocycles. The summed E-state index contributed by atoms with van der Waals surface area (Å²) in [5, 5.41) is 18.8. The van der Waals surface area contributed by atoms with Crippen molar-refractivity contribution in [2.45, 2.75) is 50.9 Å². The van der Waals surface area contributed by atoms with Gasteiger partial charge in [-0.3, -0.25) is 14.0 Å². The fourth-order valence-corrected chi connectivity index (χ4v) is 9.47. The van der Waals surface area contributed by atoms with Crippen LogP contribution in [-0.4, -0.2) is 58.8 Å². The predicted molar refractivity (Wildman–Crippen MR) is 338 cm³/mol. The Morgan fingerprint density at radius 2 is 0.748 bits per heavy atom. The van der Waals surface area contributed by atoms with Crippen LogP contribution in [-0.2, 0) is 79.1 Å². The highest BCUT2D eigenvalue weighted by atomic mass is 19.4. The number of rotatable bonds is 16. The van der Waals surface area contributed by atoms with Crippen molar-refractivity contribution in [2.24, 2.45) is 28.2 Å². The van der Waals surface area contributed by atoms with Gasteiger partial charge in [0.25, 0.3) is 0 Å². The van der Waals surface area contributed by atoms with Crippen LogP contribution in [0.5, 0.6) is 5.88 Å². The monoisotopic (exact) mass is 1460 g/mol. The van der Waals surface area contributed by atoms with E-state index in [-0.39, 0.29) is 83.2 Å². The summed E-state index contributed by atoms with van der Waals surface area (Å²) < 4.78 is 258. The third-order valence-electron chi connectivity index (χ3n) is 14.8. The Morgan fingerprint density at radius 1 is 0.359 bits per heavy atom. The van der Waals surface area contributed by atoms with Gasteiger partial charge in [-0.15, -0.1) is 0 Å². The molecule has 0 spiro atoms. The molecule has 12 aromatic rings. The van der Waals surface area contributed by atoms with Crippen LogP contribution in [0.25, 0.3) is 45.2 Å². The van der Waals surface area contributed by atoms with Gasteiger partial charge in [-0.05, 0) is 97.1 Å². The van der Waals surface area contributed by atoms with E-state index in [9.17, 15) is 83.4 Å². The summed E-state index contributed by atoms with van der Waals surface area (Å²) in [5.41, 5.74) is -1.17. The molecule has 0 aliphatic heterocycles. The van der Waals surface area contributed by atoms with Gasteiger partial charge >= 0.3 is 24.7 Å². The number of anilines is 3. The van der Waals surface area contributed by atoms with Crippen molar-refractivity contribution in [3.05, 3.63) is 262 Å². The molecule has 0 saturated carbocycles. The minimum Gasteiger partial charge on any atom is -0.473 e. The lowest BCUT2D eigenvalue weighted by Crippen LogP contribution is -2.06. The van der Waals surface area contributed by atoms with Crippen molar-refractivity contribution >= 4 is 17.5 Å². The lowest BCUT2D eigenvalue weighted by molar-refractivity contribution is -0.142. The number of aromatic nitrogens is 12. The molecule has 3 N–H and O–H groups in total. The SMILES string of the molecule is Cn1cc(C(F)(F)F)cc1-c1cnc(NCc2c(F)cccc2F)cn1.Cn1nc(C(F)(F)F)cc1-c1ccc(NCc2c(F)cccc2F)nc1.Cn1nc(C(F)(F)F)cc1-c1ccc(NCc2ccccc2F)nc1.Cn1nc(C(F)(F)F)cc1-c1ccc(OCc2c(F)cccc2F)nc1. The van der Waals surface area contributed by atoms with E-state index in [4.69, 9.17) is 4.74 Å². The Hall–Kier alpha value is -11.8. The van der Waals surface area contributed by atoms with Crippen molar-refractivity contribution in [1.29, 1.82) is 0 Å². The molecule has 4 aromatic carbocycles. The fraction of sp³-hybridized carbons (Fsp3) is 0.176. The van der Waals surface area contributed by atoms with Gasteiger partial charge in [0.1, 0.15) is 70.5 Å². The second-order valence-corrected chi connectivity index (χ2v) is 21.9. The number of hydrogen-bond acceptors (Lipinski definition) is 12. The van der Waals surface area contributed by atoms with Gasteiger partial charge in [0.2, 0.25) is 5.88 Å². The molecule has 12 rings (SSSR count). The van der Waals surface area contributed by atoms with Crippen LogP contribution in [0.1, 0.15) is 44.9 Å². The minimum atomic E-state index is -4.55. The molecule has 16 nitrogen and oxygen atoms in total. The second-order valence-electron chi connectivity index (χ2n) is 21.9. The lowest BCUT2D eigenvalue weighted by atomic mass is 10.2. The van der Waals surface area contributed by atoms with Crippen LogP contribution in [0.4, 0.5) is 101 Å². The number of aryl methyl sites for hydroxylation is 4. The molecule has 0 amide bonds. The first kappa shape index (κ1) is 75.4. The van der Waals surface area contributed by atoms with Crippen molar-refractivity contribution in [3.63, 3.8) is 0 Å². The number of hydrogen-bond donors (Lipinski definition) is 3. The molecule has 0 bridgehead atoms. The zero-order chi connectivity index (χ0) is 74.7. The van der Waals surface area contributed by atoms with E-state index in [1.165, 1.54) is 106 Å². The summed E-state index contributed by atoms with van der Waals surface area (Å²) in [6.07, 6.45) is -10.4. The summed E-state index contributed by atoms with van der Waals surface area (Å²) >= 11 is 0. The number of nitrogens with one attached hydrogen (secondary N) is 3. The van der Waals surface area contributed by atoms with Crippen LogP contribution in [0.2, 0.25) is 0 Å². The van der Waals surface area contributed by atoms with Gasteiger partial charge in [0, 0.05) is 112 Å². The Kier molecular flexibility index (Phi) is 23.3. The van der Waals surface area contributed by atoms with Gasteiger partial charge < -0.3 is 25.3 Å². The highest BCUT2D eigenvalue weighted by Gasteiger charge is 2.37. The molecule has 0 radical (unpaired) electrons. The molecule has 8 heterocycles. The maximum Gasteiger partial charge on any atom is 0.435 e. The Labute approximate surface area is 571 Å². The van der Waals surface area contributed by atoms with E-state index in [0.717, 1.165) is 80.9 Å². The molecule has 0 unspecified atom stereocenters. The van der Waals surface area contributed by atoms with E-state index in [1.807, 2.05) is 0 Å². The predicted octanol–water partition coefficient (Wildman–Crippen LogP) is 17.4. The highest BCUT2D eigenvalue weighted by Crippen LogP contribution is 2.36. The van der Waals surface area contributed by atoms with Crippen molar-refractivity contribution in [1.82, 2.24) is 58.8 Å². The zero-order valence-electron chi connectivity index (χ0n) is 53.5. The Balaban J connectivity index is 0.000000160. The number of pyridine rings is 3. The number of alkyl halides is 12. The van der Waals surface area contributed by atoms with Gasteiger partial charge in [-0.25, -0.2) is 55.7 Å². The molecule has 0 aliphatic rings. The number of benzene rings is 4. The van der Waals surface area contributed by atoms with Crippen LogP contribution in [0.3, 0.4) is 0 Å². The lowest BCUT2D eigenvalue weighted by Gasteiger charge is -2.08. The normalized spacial score (nSPS) is 11.6. The van der Waals surface area contributed by atoms with E-state index in [1.54, 1.807) is 36.4 Å². The second kappa shape index (κ2) is 31.8. The van der Waals surface area contributed by atoms with Crippen molar-refractivity contribution in [2.75, 3.05) is 16.0 Å². The first-order valence-electron chi connectivity index (χ1n) is 29.8. The molecule has 538 valence electrons. The summed E-state index contributed by atoms with van der Waals surface area (Å²) in [6, 6.07) is 29.9. The topological polar surface area (TPSA) is 168 Å². The smallest absolute Gasteiger partial charge is 0.435 e. The molecule has 35 heteroatoms. The van der Waals surface area contributed by atoms with Crippen molar-refractivity contribution in [3.8, 4) is 51.0 Å². The van der Waals surface area contributed by atoms with Gasteiger partial charge in [-0.2, -0.15) is 68.0 Å². The maximum atomic E-state index is 13.6. The largest absolute Gasteiger partial charge is 0.473 e. The molecular formula is C68H52F19N15O. The van der Waals surface area contributed by atoms with Gasteiger partial charge in [-0.1, -0.05) is 36.4 Å². The van der Waals surface area contributed by atoms with Crippen LogP contribution in [0.15, 0.2) is 177 Å². The first-order valence-corrected chi connectivity index (χ1v) is 29.8. The van der Waals surface area contributed by atoms with Gasteiger partial charge in [0.15, 0.2) is 17.1 Å². The average Bonchev–Trinajstić information content (AvgIpc) is 1.70. The van der Waals surface area contributed by atoms with Crippen molar-refractivity contribution < 1.29 is 88.2 Å². The zero-order valence-corrected chi connectivity index (χ0v) is 53.5. The van der Waals surface area contributed by atoms with E-state index >= 15 is 0 Å². The number of ether oxygens (including phenoxy) is 1.